The summed E-state index contributed by atoms with van der Waals surface area (Å²) < 4.78 is 24.6. The Morgan fingerprint density at radius 3 is 2.52 bits per heavy atom. The van der Waals surface area contributed by atoms with E-state index in [9.17, 15) is 18.0 Å². The largest absolute Gasteiger partial charge is 0.343 e. The number of likely N-dealkylation sites (tertiary alicyclic amines) is 2. The first-order valence-corrected chi connectivity index (χ1v) is 14.3. The third-order valence-electron chi connectivity index (χ3n) is 6.72. The van der Waals surface area contributed by atoms with Crippen LogP contribution in [0.3, 0.4) is 0 Å². The van der Waals surface area contributed by atoms with Gasteiger partial charge in [0.05, 0.1) is 12.2 Å². The van der Waals surface area contributed by atoms with Crippen molar-refractivity contribution < 1.29 is 18.0 Å². The van der Waals surface area contributed by atoms with Crippen LogP contribution in [-0.2, 0) is 19.6 Å². The fourth-order valence-corrected chi connectivity index (χ4v) is 6.49. The fraction of sp³-hybridized carbons (Fsp3) is 0.818. The molecule has 1 unspecified atom stereocenters. The molecule has 1 atom stereocenters. The lowest BCUT2D eigenvalue weighted by Crippen LogP contribution is -2.40. The molecule has 2 fully saturated rings. The fourth-order valence-electron chi connectivity index (χ4n) is 4.67. The molecule has 3 aliphatic heterocycles. The Labute approximate surface area is 191 Å². The highest BCUT2D eigenvalue weighted by atomic mass is 32.2. The van der Waals surface area contributed by atoms with E-state index in [-0.39, 0.29) is 30.7 Å². The predicted molar refractivity (Wildman–Crippen MR) is 125 cm³/mol. The van der Waals surface area contributed by atoms with Crippen LogP contribution in [0, 0.1) is 17.3 Å². The molecule has 3 rings (SSSR count). The lowest BCUT2D eigenvalue weighted by atomic mass is 9.85. The summed E-state index contributed by atoms with van der Waals surface area (Å²) in [5.41, 5.74) is 0.326. The first-order chi connectivity index (χ1) is 14.5. The van der Waals surface area contributed by atoms with Crippen LogP contribution < -0.4 is 4.72 Å². The summed E-state index contributed by atoms with van der Waals surface area (Å²) in [6.07, 6.45) is 8.63. The van der Waals surface area contributed by atoms with Gasteiger partial charge >= 0.3 is 0 Å². The minimum atomic E-state index is -3.26. The molecule has 0 aromatic heterocycles. The molecule has 3 aliphatic rings. The number of nitrogens with zero attached hydrogens (tertiary/aromatic N) is 2. The quantitative estimate of drug-likeness (QED) is 0.643. The van der Waals surface area contributed by atoms with E-state index >= 15 is 0 Å². The van der Waals surface area contributed by atoms with Crippen LogP contribution >= 0.6 is 11.8 Å². The molecule has 1 N–H and O–H groups in total. The number of carbonyl (C=O) groups is 2. The van der Waals surface area contributed by atoms with Crippen molar-refractivity contribution in [2.75, 3.05) is 44.7 Å². The first kappa shape index (κ1) is 24.6. The van der Waals surface area contributed by atoms with E-state index in [1.807, 2.05) is 16.7 Å². The van der Waals surface area contributed by atoms with Gasteiger partial charge in [-0.2, -0.15) is 0 Å². The number of hydrogen-bond acceptors (Lipinski definition) is 5. The van der Waals surface area contributed by atoms with Crippen LogP contribution in [0.4, 0.5) is 0 Å². The van der Waals surface area contributed by atoms with E-state index in [4.69, 9.17) is 0 Å². The number of carbonyl (C=O) groups excluding carboxylic acids is 2. The van der Waals surface area contributed by atoms with Crippen LogP contribution in [0.5, 0.6) is 0 Å². The summed E-state index contributed by atoms with van der Waals surface area (Å²) in [6.45, 7) is 7.87. The highest BCUT2D eigenvalue weighted by Crippen LogP contribution is 2.40. The summed E-state index contributed by atoms with van der Waals surface area (Å²) in [6, 6.07) is 0. The summed E-state index contributed by atoms with van der Waals surface area (Å²) in [5, 5.41) is 0. The molecule has 0 saturated carbocycles. The van der Waals surface area contributed by atoms with E-state index < -0.39 is 10.0 Å². The zero-order valence-corrected chi connectivity index (χ0v) is 20.7. The van der Waals surface area contributed by atoms with Gasteiger partial charge in [0.25, 0.3) is 0 Å². The molecule has 0 spiro atoms. The van der Waals surface area contributed by atoms with Gasteiger partial charge in [0.1, 0.15) is 0 Å². The molecule has 0 radical (unpaired) electrons. The Kier molecular flexibility index (Phi) is 8.13. The average Bonchev–Trinajstić information content (AvgIpc) is 3.12. The normalized spacial score (nSPS) is 25.3. The maximum absolute atomic E-state index is 13.1. The van der Waals surface area contributed by atoms with Crippen LogP contribution in [0.15, 0.2) is 11.0 Å². The van der Waals surface area contributed by atoms with Crippen LogP contribution in [0.2, 0.25) is 0 Å². The molecule has 0 aliphatic carbocycles. The second kappa shape index (κ2) is 10.3. The van der Waals surface area contributed by atoms with Crippen LogP contribution in [0.25, 0.3) is 0 Å². The maximum atomic E-state index is 13.1. The van der Waals surface area contributed by atoms with Crippen molar-refractivity contribution in [3.8, 4) is 0 Å². The molecule has 0 bridgehead atoms. The summed E-state index contributed by atoms with van der Waals surface area (Å²) in [4.78, 5) is 30.6. The second-order valence-corrected chi connectivity index (χ2v) is 12.8. The lowest BCUT2D eigenvalue weighted by molar-refractivity contribution is -0.133. The van der Waals surface area contributed by atoms with Crippen molar-refractivity contribution in [2.45, 2.75) is 52.4 Å². The topological polar surface area (TPSA) is 86.8 Å². The highest BCUT2D eigenvalue weighted by Gasteiger charge is 2.34. The number of thioether (sulfide) groups is 1. The number of rotatable bonds is 6. The van der Waals surface area contributed by atoms with Gasteiger partial charge in [-0.1, -0.05) is 19.9 Å². The van der Waals surface area contributed by atoms with Crippen molar-refractivity contribution in [2.24, 2.45) is 17.3 Å². The van der Waals surface area contributed by atoms with Gasteiger partial charge in [0, 0.05) is 44.9 Å². The van der Waals surface area contributed by atoms with Gasteiger partial charge in [-0.05, 0) is 48.3 Å². The molecule has 176 valence electrons. The van der Waals surface area contributed by atoms with Gasteiger partial charge in [-0.25, -0.2) is 13.1 Å². The average molecular weight is 472 g/mol. The SMILES string of the molecule is CC1(C)CCCN(C(=O)C2C=C(C3CCN(C(=O)CCNS(C)(=O)=O)CC3)SC2)CC1. The second-order valence-electron chi connectivity index (χ2n) is 9.90. The zero-order valence-electron chi connectivity index (χ0n) is 19.1. The molecule has 2 saturated heterocycles. The Morgan fingerprint density at radius 2 is 1.84 bits per heavy atom. The minimum Gasteiger partial charge on any atom is -0.343 e. The molecule has 0 aromatic rings. The van der Waals surface area contributed by atoms with Gasteiger partial charge in [0.15, 0.2) is 0 Å². The Bertz CT molecular complexity index is 802. The van der Waals surface area contributed by atoms with E-state index in [0.717, 1.165) is 50.8 Å². The lowest BCUT2D eigenvalue weighted by Gasteiger charge is -2.32. The van der Waals surface area contributed by atoms with Crippen molar-refractivity contribution in [1.29, 1.82) is 0 Å². The van der Waals surface area contributed by atoms with E-state index in [2.05, 4.69) is 29.5 Å². The van der Waals surface area contributed by atoms with Gasteiger partial charge in [-0.3, -0.25) is 9.59 Å². The number of nitrogens with one attached hydrogen (secondary N) is 1. The Morgan fingerprint density at radius 1 is 1.13 bits per heavy atom. The number of piperidine rings is 1. The third kappa shape index (κ3) is 7.22. The molecule has 7 nitrogen and oxygen atoms in total. The smallest absolute Gasteiger partial charge is 0.230 e. The third-order valence-corrected chi connectivity index (χ3v) is 8.77. The maximum Gasteiger partial charge on any atom is 0.230 e. The number of allylic oxidation sites excluding steroid dienone is 1. The summed E-state index contributed by atoms with van der Waals surface area (Å²) in [5.74, 6) is 1.53. The minimum absolute atomic E-state index is 0.000188. The number of sulfonamides is 1. The first-order valence-electron chi connectivity index (χ1n) is 11.4. The van der Waals surface area contributed by atoms with Gasteiger partial charge in [0.2, 0.25) is 21.8 Å². The highest BCUT2D eigenvalue weighted by molar-refractivity contribution is 8.03. The van der Waals surface area contributed by atoms with Crippen LogP contribution in [0.1, 0.15) is 52.4 Å². The van der Waals surface area contributed by atoms with E-state index in [0.29, 0.717) is 24.4 Å². The molecule has 2 amide bonds. The van der Waals surface area contributed by atoms with Crippen molar-refractivity contribution in [3.63, 3.8) is 0 Å². The van der Waals surface area contributed by atoms with Crippen molar-refractivity contribution >= 4 is 33.6 Å². The van der Waals surface area contributed by atoms with Crippen molar-refractivity contribution in [1.82, 2.24) is 14.5 Å². The van der Waals surface area contributed by atoms with E-state index in [1.54, 1.807) is 0 Å². The van der Waals surface area contributed by atoms with Gasteiger partial charge in [-0.15, -0.1) is 11.8 Å². The Balaban J connectivity index is 1.46. The molecule has 31 heavy (non-hydrogen) atoms. The van der Waals surface area contributed by atoms with E-state index in [1.165, 1.54) is 11.3 Å². The predicted octanol–water partition coefficient (Wildman–Crippen LogP) is 2.45. The van der Waals surface area contributed by atoms with Crippen LogP contribution in [-0.4, -0.2) is 74.8 Å². The molecule has 3 heterocycles. The number of hydrogen-bond donors (Lipinski definition) is 1. The molecular weight excluding hydrogens is 434 g/mol. The van der Waals surface area contributed by atoms with Crippen molar-refractivity contribution in [3.05, 3.63) is 11.0 Å². The summed E-state index contributed by atoms with van der Waals surface area (Å²) in [7, 11) is -3.26. The molecular formula is C22H37N3O4S2. The molecule has 9 heteroatoms. The monoisotopic (exact) mass is 471 g/mol. The zero-order chi connectivity index (χ0) is 22.6. The van der Waals surface area contributed by atoms with Gasteiger partial charge < -0.3 is 9.80 Å². The molecule has 0 aromatic carbocycles. The number of amides is 2. The summed E-state index contributed by atoms with van der Waals surface area (Å²) >= 11 is 1.81. The standard InChI is InChI=1S/C22H37N3O4S2/c1-22(2)8-4-11-25(14-9-22)21(27)18-15-19(30-16-18)17-6-12-24(13-7-17)20(26)5-10-23-31(3,28)29/h15,17-18,23H,4-14,16H2,1-3H3. The Hall–Kier alpha value is -1.06.